The standard InChI is InChI=1S/C12H26N2/c1-11(2)7-6-8-14(10-11)12(3,4)9-13-5/h13H,6-10H2,1-5H3. The number of hydrogen-bond donors (Lipinski definition) is 1. The molecule has 0 saturated carbocycles. The van der Waals surface area contributed by atoms with Gasteiger partial charge in [0.05, 0.1) is 0 Å². The van der Waals surface area contributed by atoms with Crippen LogP contribution in [0.15, 0.2) is 0 Å². The SMILES string of the molecule is CNCC(C)(C)N1CCCC(C)(C)C1. The van der Waals surface area contributed by atoms with E-state index in [9.17, 15) is 0 Å². The lowest BCUT2D eigenvalue weighted by Gasteiger charge is -2.46. The predicted octanol–water partition coefficient (Wildman–Crippen LogP) is 2.11. The largest absolute Gasteiger partial charge is 0.318 e. The fraction of sp³-hybridized carbons (Fsp3) is 1.00. The van der Waals surface area contributed by atoms with E-state index in [0.717, 1.165) is 6.54 Å². The number of rotatable bonds is 3. The van der Waals surface area contributed by atoms with Crippen LogP contribution in [0.25, 0.3) is 0 Å². The predicted molar refractivity (Wildman–Crippen MR) is 62.6 cm³/mol. The molecular weight excluding hydrogens is 172 g/mol. The van der Waals surface area contributed by atoms with Crippen molar-refractivity contribution in [3.63, 3.8) is 0 Å². The molecule has 0 aromatic carbocycles. The van der Waals surface area contributed by atoms with Gasteiger partial charge in [0, 0.05) is 18.6 Å². The highest BCUT2D eigenvalue weighted by Gasteiger charge is 2.34. The van der Waals surface area contributed by atoms with Gasteiger partial charge in [0.25, 0.3) is 0 Å². The van der Waals surface area contributed by atoms with Crippen molar-refractivity contribution in [3.05, 3.63) is 0 Å². The highest BCUT2D eigenvalue weighted by atomic mass is 15.2. The molecule has 14 heavy (non-hydrogen) atoms. The Labute approximate surface area is 89.1 Å². The molecule has 2 nitrogen and oxygen atoms in total. The van der Waals surface area contributed by atoms with Crippen molar-refractivity contribution in [2.45, 2.75) is 46.1 Å². The quantitative estimate of drug-likeness (QED) is 0.747. The molecule has 0 spiro atoms. The van der Waals surface area contributed by atoms with Gasteiger partial charge in [-0.2, -0.15) is 0 Å². The van der Waals surface area contributed by atoms with Gasteiger partial charge in [-0.1, -0.05) is 13.8 Å². The zero-order valence-corrected chi connectivity index (χ0v) is 10.5. The van der Waals surface area contributed by atoms with Crippen LogP contribution in [-0.2, 0) is 0 Å². The van der Waals surface area contributed by atoms with Gasteiger partial charge in [-0.15, -0.1) is 0 Å². The van der Waals surface area contributed by atoms with E-state index in [1.165, 1.54) is 25.9 Å². The molecule has 0 unspecified atom stereocenters. The summed E-state index contributed by atoms with van der Waals surface area (Å²) in [5.74, 6) is 0. The molecule has 0 aliphatic carbocycles. The Morgan fingerprint density at radius 2 is 2.00 bits per heavy atom. The van der Waals surface area contributed by atoms with Crippen LogP contribution in [-0.4, -0.2) is 37.1 Å². The van der Waals surface area contributed by atoms with Gasteiger partial charge in [0.15, 0.2) is 0 Å². The van der Waals surface area contributed by atoms with Gasteiger partial charge >= 0.3 is 0 Å². The minimum atomic E-state index is 0.298. The summed E-state index contributed by atoms with van der Waals surface area (Å²) in [7, 11) is 2.04. The molecule has 1 heterocycles. The van der Waals surface area contributed by atoms with Gasteiger partial charge in [0.1, 0.15) is 0 Å². The van der Waals surface area contributed by atoms with E-state index in [1.807, 2.05) is 7.05 Å². The molecule has 0 amide bonds. The van der Waals surface area contributed by atoms with Crippen molar-refractivity contribution in [1.82, 2.24) is 10.2 Å². The lowest BCUT2D eigenvalue weighted by atomic mass is 9.82. The molecular formula is C12H26N2. The molecule has 1 N–H and O–H groups in total. The van der Waals surface area contributed by atoms with Gasteiger partial charge in [-0.25, -0.2) is 0 Å². The summed E-state index contributed by atoms with van der Waals surface area (Å²) in [4.78, 5) is 2.63. The van der Waals surface area contributed by atoms with Crippen molar-refractivity contribution >= 4 is 0 Å². The lowest BCUT2D eigenvalue weighted by Crippen LogP contribution is -2.55. The van der Waals surface area contributed by atoms with Crippen LogP contribution in [0.3, 0.4) is 0 Å². The first-order valence-electron chi connectivity index (χ1n) is 5.77. The maximum atomic E-state index is 3.29. The molecule has 0 aromatic heterocycles. The smallest absolute Gasteiger partial charge is 0.0277 e. The minimum absolute atomic E-state index is 0.298. The third-order valence-electron chi connectivity index (χ3n) is 3.37. The summed E-state index contributed by atoms with van der Waals surface area (Å²) in [5.41, 5.74) is 0.801. The number of piperidine rings is 1. The Kier molecular flexibility index (Phi) is 3.59. The first kappa shape index (κ1) is 12.0. The third-order valence-corrected chi connectivity index (χ3v) is 3.37. The number of nitrogens with one attached hydrogen (secondary N) is 1. The zero-order valence-electron chi connectivity index (χ0n) is 10.5. The summed E-state index contributed by atoms with van der Waals surface area (Å²) >= 11 is 0. The Morgan fingerprint density at radius 1 is 1.36 bits per heavy atom. The van der Waals surface area contributed by atoms with Crippen molar-refractivity contribution in [3.8, 4) is 0 Å². The van der Waals surface area contributed by atoms with E-state index in [1.54, 1.807) is 0 Å². The van der Waals surface area contributed by atoms with Crippen LogP contribution in [0.1, 0.15) is 40.5 Å². The van der Waals surface area contributed by atoms with Crippen LogP contribution < -0.4 is 5.32 Å². The van der Waals surface area contributed by atoms with Crippen molar-refractivity contribution in [2.75, 3.05) is 26.7 Å². The van der Waals surface area contributed by atoms with Crippen molar-refractivity contribution in [1.29, 1.82) is 0 Å². The summed E-state index contributed by atoms with van der Waals surface area (Å²) in [6, 6.07) is 0. The average Bonchev–Trinajstić information content (AvgIpc) is 2.02. The molecule has 0 atom stereocenters. The van der Waals surface area contributed by atoms with Gasteiger partial charge in [-0.05, 0) is 45.7 Å². The summed E-state index contributed by atoms with van der Waals surface area (Å²) < 4.78 is 0. The number of likely N-dealkylation sites (tertiary alicyclic amines) is 1. The van der Waals surface area contributed by atoms with Gasteiger partial charge in [-0.3, -0.25) is 4.90 Å². The average molecular weight is 198 g/mol. The molecule has 1 fully saturated rings. The van der Waals surface area contributed by atoms with Crippen molar-refractivity contribution in [2.24, 2.45) is 5.41 Å². The minimum Gasteiger partial charge on any atom is -0.318 e. The monoisotopic (exact) mass is 198 g/mol. The molecule has 0 aromatic rings. The molecule has 1 aliphatic rings. The Balaban J connectivity index is 2.59. The fourth-order valence-electron chi connectivity index (χ4n) is 2.48. The molecule has 1 aliphatic heterocycles. The maximum absolute atomic E-state index is 3.29. The fourth-order valence-corrected chi connectivity index (χ4v) is 2.48. The normalized spacial score (nSPS) is 23.8. The summed E-state index contributed by atoms with van der Waals surface area (Å²) in [6.45, 7) is 13.0. The Bertz CT molecular complexity index is 185. The molecule has 0 bridgehead atoms. The Hall–Kier alpha value is -0.0800. The lowest BCUT2D eigenvalue weighted by molar-refractivity contribution is 0.0348. The third kappa shape index (κ3) is 2.96. The van der Waals surface area contributed by atoms with E-state index in [0.29, 0.717) is 11.0 Å². The second-order valence-electron chi connectivity index (χ2n) is 6.03. The summed E-state index contributed by atoms with van der Waals surface area (Å²) in [5, 5.41) is 3.29. The number of nitrogens with zero attached hydrogens (tertiary/aromatic N) is 1. The van der Waals surface area contributed by atoms with Gasteiger partial charge < -0.3 is 5.32 Å². The van der Waals surface area contributed by atoms with Gasteiger partial charge in [0.2, 0.25) is 0 Å². The van der Waals surface area contributed by atoms with E-state index >= 15 is 0 Å². The van der Waals surface area contributed by atoms with Crippen LogP contribution in [0.2, 0.25) is 0 Å². The van der Waals surface area contributed by atoms with Crippen molar-refractivity contribution < 1.29 is 0 Å². The second-order valence-corrected chi connectivity index (χ2v) is 6.03. The van der Waals surface area contributed by atoms with Crippen LogP contribution in [0, 0.1) is 5.41 Å². The van der Waals surface area contributed by atoms with Crippen LogP contribution in [0.5, 0.6) is 0 Å². The summed E-state index contributed by atoms with van der Waals surface area (Å²) in [6.07, 6.45) is 2.72. The molecule has 1 rings (SSSR count). The second kappa shape index (κ2) is 4.19. The first-order valence-corrected chi connectivity index (χ1v) is 5.77. The van der Waals surface area contributed by atoms with Crippen LogP contribution >= 0.6 is 0 Å². The molecule has 1 saturated heterocycles. The Morgan fingerprint density at radius 3 is 2.50 bits per heavy atom. The highest BCUT2D eigenvalue weighted by molar-refractivity contribution is 4.90. The first-order chi connectivity index (χ1) is 6.37. The van der Waals surface area contributed by atoms with E-state index in [-0.39, 0.29) is 0 Å². The van der Waals surface area contributed by atoms with E-state index in [2.05, 4.69) is 37.9 Å². The molecule has 84 valence electrons. The molecule has 0 radical (unpaired) electrons. The maximum Gasteiger partial charge on any atom is 0.0277 e. The number of hydrogen-bond acceptors (Lipinski definition) is 2. The molecule has 2 heteroatoms. The van der Waals surface area contributed by atoms with E-state index < -0.39 is 0 Å². The topological polar surface area (TPSA) is 15.3 Å². The zero-order chi connectivity index (χ0) is 10.8. The van der Waals surface area contributed by atoms with E-state index in [4.69, 9.17) is 0 Å². The highest BCUT2D eigenvalue weighted by Crippen LogP contribution is 2.31. The number of likely N-dealkylation sites (N-methyl/N-ethyl adjacent to an activating group) is 1. The van der Waals surface area contributed by atoms with Crippen LogP contribution in [0.4, 0.5) is 0 Å².